The largest absolute Gasteiger partial charge is 0.395 e. The minimum Gasteiger partial charge on any atom is -0.395 e. The van der Waals surface area contributed by atoms with Gasteiger partial charge in [0.25, 0.3) is 0 Å². The second-order valence-corrected chi connectivity index (χ2v) is 7.72. The van der Waals surface area contributed by atoms with Crippen molar-refractivity contribution in [3.05, 3.63) is 36.3 Å². The van der Waals surface area contributed by atoms with Crippen LogP contribution in [-0.4, -0.2) is 53.9 Å². The Bertz CT molecular complexity index is 891. The van der Waals surface area contributed by atoms with Gasteiger partial charge in [0.05, 0.1) is 48.9 Å². The van der Waals surface area contributed by atoms with Gasteiger partial charge in [0.1, 0.15) is 10.7 Å². The Hall–Kier alpha value is -1.78. The van der Waals surface area contributed by atoms with E-state index in [9.17, 15) is 4.39 Å². The molecule has 27 heavy (non-hydrogen) atoms. The van der Waals surface area contributed by atoms with Crippen LogP contribution in [0, 0.1) is 5.95 Å². The van der Waals surface area contributed by atoms with E-state index in [0.29, 0.717) is 37.1 Å². The highest BCUT2D eigenvalue weighted by atomic mass is 32.2. The first-order valence-electron chi connectivity index (χ1n) is 8.39. The minimum absolute atomic E-state index is 0.0284. The van der Waals surface area contributed by atoms with Gasteiger partial charge in [-0.15, -0.1) is 23.1 Å². The van der Waals surface area contributed by atoms with E-state index in [-0.39, 0.29) is 12.3 Å². The molecule has 0 radical (unpaired) electrons. The second-order valence-electron chi connectivity index (χ2n) is 5.52. The number of ether oxygens (including phenoxy) is 2. The van der Waals surface area contributed by atoms with E-state index >= 15 is 0 Å². The normalized spacial score (nSPS) is 11.3. The fraction of sp³-hybridized carbons (Fsp3) is 0.333. The maximum atomic E-state index is 13.6. The van der Waals surface area contributed by atoms with Gasteiger partial charge in [-0.1, -0.05) is 0 Å². The highest BCUT2D eigenvalue weighted by molar-refractivity contribution is 7.99. The molecule has 0 spiro atoms. The molecule has 0 aliphatic carbocycles. The number of aromatic nitrogens is 2. The Kier molecular flexibility index (Phi) is 7.36. The van der Waals surface area contributed by atoms with Crippen molar-refractivity contribution in [3.8, 4) is 10.7 Å². The fourth-order valence-electron chi connectivity index (χ4n) is 2.27. The van der Waals surface area contributed by atoms with Crippen molar-refractivity contribution in [2.75, 3.05) is 44.5 Å². The predicted octanol–water partition coefficient (Wildman–Crippen LogP) is 3.20. The number of nitrogen functional groups attached to an aromatic ring is 1. The number of anilines is 1. The molecule has 0 atom stereocenters. The summed E-state index contributed by atoms with van der Waals surface area (Å²) in [6, 6.07) is 9.21. The van der Waals surface area contributed by atoms with Gasteiger partial charge in [0.15, 0.2) is 0 Å². The zero-order valence-electron chi connectivity index (χ0n) is 14.6. The van der Waals surface area contributed by atoms with E-state index < -0.39 is 5.95 Å². The van der Waals surface area contributed by atoms with Crippen molar-refractivity contribution in [1.29, 1.82) is 0 Å². The lowest BCUT2D eigenvalue weighted by Crippen LogP contribution is -2.08. The number of halogens is 1. The van der Waals surface area contributed by atoms with Crippen LogP contribution in [0.25, 0.3) is 20.9 Å². The standard InChI is InChI=1S/C18H20FN3O3S2/c19-17-13(20)2-4-15(21-17)18-22-14-3-1-12(11-16(14)27-18)26-10-9-25-8-7-24-6-5-23/h1-4,11,23H,5-10,20H2. The molecular weight excluding hydrogens is 389 g/mol. The highest BCUT2D eigenvalue weighted by Gasteiger charge is 2.10. The summed E-state index contributed by atoms with van der Waals surface area (Å²) in [5.41, 5.74) is 6.84. The Morgan fingerprint density at radius 2 is 1.89 bits per heavy atom. The van der Waals surface area contributed by atoms with Crippen LogP contribution in [0.4, 0.5) is 10.1 Å². The predicted molar refractivity (Wildman–Crippen MR) is 107 cm³/mol. The lowest BCUT2D eigenvalue weighted by molar-refractivity contribution is 0.0377. The summed E-state index contributed by atoms with van der Waals surface area (Å²) in [6.45, 7) is 1.99. The molecule has 2 aromatic heterocycles. The topological polar surface area (TPSA) is 90.5 Å². The Morgan fingerprint density at radius 3 is 2.67 bits per heavy atom. The molecule has 6 nitrogen and oxygen atoms in total. The van der Waals surface area contributed by atoms with Crippen LogP contribution in [0.3, 0.4) is 0 Å². The van der Waals surface area contributed by atoms with Gasteiger partial charge in [-0.25, -0.2) is 9.97 Å². The highest BCUT2D eigenvalue weighted by Crippen LogP contribution is 2.32. The number of aliphatic hydroxyl groups excluding tert-OH is 1. The minimum atomic E-state index is -0.676. The third-order valence-electron chi connectivity index (χ3n) is 3.56. The number of benzene rings is 1. The molecule has 0 unspecified atom stereocenters. The Morgan fingerprint density at radius 1 is 1.07 bits per heavy atom. The van der Waals surface area contributed by atoms with E-state index in [1.165, 1.54) is 17.4 Å². The van der Waals surface area contributed by atoms with E-state index in [4.69, 9.17) is 20.3 Å². The zero-order chi connectivity index (χ0) is 19.1. The summed E-state index contributed by atoms with van der Waals surface area (Å²) in [5, 5.41) is 9.26. The summed E-state index contributed by atoms with van der Waals surface area (Å²) in [5.74, 6) is 0.145. The first-order chi connectivity index (χ1) is 13.2. The van der Waals surface area contributed by atoms with Gasteiger partial charge >= 0.3 is 0 Å². The SMILES string of the molecule is Nc1ccc(-c2nc3ccc(SCCOCCOCCO)cc3s2)nc1F. The van der Waals surface area contributed by atoms with Gasteiger partial charge in [0.2, 0.25) is 5.95 Å². The molecule has 0 amide bonds. The molecule has 9 heteroatoms. The number of hydrogen-bond donors (Lipinski definition) is 2. The van der Waals surface area contributed by atoms with Crippen molar-refractivity contribution in [1.82, 2.24) is 9.97 Å². The number of nitrogens with two attached hydrogens (primary N) is 1. The van der Waals surface area contributed by atoms with Crippen molar-refractivity contribution < 1.29 is 19.0 Å². The molecule has 0 bridgehead atoms. The lowest BCUT2D eigenvalue weighted by atomic mass is 10.3. The Labute approximate surface area is 164 Å². The van der Waals surface area contributed by atoms with Crippen LogP contribution in [0.1, 0.15) is 0 Å². The van der Waals surface area contributed by atoms with Crippen molar-refractivity contribution >= 4 is 39.0 Å². The lowest BCUT2D eigenvalue weighted by Gasteiger charge is -2.05. The average Bonchev–Trinajstić information content (AvgIpc) is 3.09. The molecule has 0 aliphatic heterocycles. The van der Waals surface area contributed by atoms with Crippen LogP contribution in [0.5, 0.6) is 0 Å². The maximum Gasteiger partial charge on any atom is 0.236 e. The Balaban J connectivity index is 1.55. The molecule has 144 valence electrons. The second kappa shape index (κ2) is 9.95. The first-order valence-corrected chi connectivity index (χ1v) is 10.2. The third kappa shape index (κ3) is 5.60. The average molecular weight is 410 g/mol. The molecule has 3 N–H and O–H groups in total. The van der Waals surface area contributed by atoms with Crippen LogP contribution in [0.2, 0.25) is 0 Å². The summed E-state index contributed by atoms with van der Waals surface area (Å²) in [4.78, 5) is 9.51. The van der Waals surface area contributed by atoms with Crippen LogP contribution < -0.4 is 5.73 Å². The maximum absolute atomic E-state index is 13.6. The van der Waals surface area contributed by atoms with E-state index in [1.54, 1.807) is 17.8 Å². The molecule has 0 saturated heterocycles. The number of nitrogens with zero attached hydrogens (tertiary/aromatic N) is 2. The molecule has 3 rings (SSSR count). The number of pyridine rings is 1. The summed E-state index contributed by atoms with van der Waals surface area (Å²) in [7, 11) is 0. The molecule has 1 aromatic carbocycles. The van der Waals surface area contributed by atoms with Gasteiger partial charge in [-0.05, 0) is 30.3 Å². The van der Waals surface area contributed by atoms with Crippen LogP contribution in [-0.2, 0) is 9.47 Å². The number of aliphatic hydroxyl groups is 1. The number of fused-ring (bicyclic) bond motifs is 1. The molecule has 0 fully saturated rings. The first kappa shape index (κ1) is 20.0. The van der Waals surface area contributed by atoms with Gasteiger partial charge in [0, 0.05) is 10.6 Å². The third-order valence-corrected chi connectivity index (χ3v) is 5.56. The van der Waals surface area contributed by atoms with Crippen molar-refractivity contribution in [2.24, 2.45) is 0 Å². The molecule has 0 aliphatic rings. The van der Waals surface area contributed by atoms with Gasteiger partial charge in [-0.3, -0.25) is 0 Å². The molecule has 2 heterocycles. The van der Waals surface area contributed by atoms with E-state index in [2.05, 4.69) is 16.0 Å². The number of thioether (sulfide) groups is 1. The van der Waals surface area contributed by atoms with E-state index in [0.717, 1.165) is 20.9 Å². The molecule has 3 aromatic rings. The number of rotatable bonds is 10. The number of thiazole rings is 1. The summed E-state index contributed by atoms with van der Waals surface area (Å²) in [6.07, 6.45) is 0. The summed E-state index contributed by atoms with van der Waals surface area (Å²) < 4.78 is 25.2. The van der Waals surface area contributed by atoms with Crippen molar-refractivity contribution in [2.45, 2.75) is 4.90 Å². The monoisotopic (exact) mass is 409 g/mol. The fourth-order valence-corrected chi connectivity index (χ4v) is 4.13. The quantitative estimate of drug-likeness (QED) is 0.302. The van der Waals surface area contributed by atoms with Gasteiger partial charge < -0.3 is 20.3 Å². The van der Waals surface area contributed by atoms with Crippen LogP contribution in [0.15, 0.2) is 35.2 Å². The zero-order valence-corrected chi connectivity index (χ0v) is 16.2. The molecular formula is C18H20FN3O3S2. The van der Waals surface area contributed by atoms with E-state index in [1.807, 2.05) is 12.1 Å². The molecule has 0 saturated carbocycles. The summed E-state index contributed by atoms with van der Waals surface area (Å²) >= 11 is 3.17. The van der Waals surface area contributed by atoms with Crippen LogP contribution >= 0.6 is 23.1 Å². The van der Waals surface area contributed by atoms with Crippen molar-refractivity contribution in [3.63, 3.8) is 0 Å². The smallest absolute Gasteiger partial charge is 0.236 e. The number of hydrogen-bond acceptors (Lipinski definition) is 8. The van der Waals surface area contributed by atoms with Gasteiger partial charge in [-0.2, -0.15) is 4.39 Å².